The van der Waals surface area contributed by atoms with Crippen molar-refractivity contribution in [3.8, 4) is 0 Å². The van der Waals surface area contributed by atoms with Gasteiger partial charge in [0.15, 0.2) is 0 Å². The quantitative estimate of drug-likeness (QED) is 0.913. The van der Waals surface area contributed by atoms with E-state index in [1.807, 2.05) is 42.5 Å². The Balaban J connectivity index is 1.80. The van der Waals surface area contributed by atoms with E-state index in [0.717, 1.165) is 10.8 Å². The monoisotopic (exact) mass is 333 g/mol. The molecule has 0 atom stereocenters. The molecule has 0 aliphatic carbocycles. The number of nitrogens with zero attached hydrogens (tertiary/aromatic N) is 2. The summed E-state index contributed by atoms with van der Waals surface area (Å²) in [5.74, 6) is -0.0525. The van der Waals surface area contributed by atoms with Gasteiger partial charge in [-0.3, -0.25) is 4.79 Å². The highest BCUT2D eigenvalue weighted by Crippen LogP contribution is 2.20. The van der Waals surface area contributed by atoms with E-state index in [9.17, 15) is 13.2 Å². The molecule has 6 nitrogen and oxygen atoms in total. The zero-order chi connectivity index (χ0) is 16.4. The molecule has 1 aliphatic rings. The largest absolute Gasteiger partial charge is 0.336 e. The van der Waals surface area contributed by atoms with Crippen LogP contribution in [-0.4, -0.2) is 56.8 Å². The molecule has 2 aromatic rings. The Morgan fingerprint density at radius 1 is 1.00 bits per heavy atom. The van der Waals surface area contributed by atoms with E-state index < -0.39 is 10.2 Å². The van der Waals surface area contributed by atoms with Crippen LogP contribution in [0.2, 0.25) is 0 Å². The van der Waals surface area contributed by atoms with E-state index in [2.05, 4.69) is 4.72 Å². The zero-order valence-corrected chi connectivity index (χ0v) is 13.7. The van der Waals surface area contributed by atoms with Crippen molar-refractivity contribution in [3.05, 3.63) is 48.0 Å². The van der Waals surface area contributed by atoms with Crippen LogP contribution in [0.1, 0.15) is 10.4 Å². The average Bonchev–Trinajstić information content (AvgIpc) is 2.60. The summed E-state index contributed by atoms with van der Waals surface area (Å²) in [7, 11) is -2.03. The molecule has 1 heterocycles. The van der Waals surface area contributed by atoms with Crippen LogP contribution in [0.15, 0.2) is 42.5 Å². The van der Waals surface area contributed by atoms with E-state index in [4.69, 9.17) is 0 Å². The van der Waals surface area contributed by atoms with Gasteiger partial charge in [-0.15, -0.1) is 0 Å². The maximum atomic E-state index is 12.8. The van der Waals surface area contributed by atoms with Crippen LogP contribution in [0.5, 0.6) is 0 Å². The summed E-state index contributed by atoms with van der Waals surface area (Å²) in [6.07, 6.45) is 0. The normalized spacial score (nSPS) is 16.7. The summed E-state index contributed by atoms with van der Waals surface area (Å²) in [6.45, 7) is 1.39. The zero-order valence-electron chi connectivity index (χ0n) is 12.9. The molecule has 1 fully saturated rings. The average molecular weight is 333 g/mol. The van der Waals surface area contributed by atoms with E-state index in [1.54, 1.807) is 4.90 Å². The van der Waals surface area contributed by atoms with Crippen molar-refractivity contribution in [3.63, 3.8) is 0 Å². The summed E-state index contributed by atoms with van der Waals surface area (Å²) in [6, 6.07) is 13.4. The fourth-order valence-corrected chi connectivity index (χ4v) is 3.75. The van der Waals surface area contributed by atoms with Crippen molar-refractivity contribution in [2.24, 2.45) is 0 Å². The van der Waals surface area contributed by atoms with Crippen LogP contribution in [-0.2, 0) is 10.2 Å². The fourth-order valence-electron chi connectivity index (χ4n) is 2.84. The van der Waals surface area contributed by atoms with Gasteiger partial charge in [0.1, 0.15) is 0 Å². The highest BCUT2D eigenvalue weighted by Gasteiger charge is 2.28. The predicted molar refractivity (Wildman–Crippen MR) is 89.4 cm³/mol. The lowest BCUT2D eigenvalue weighted by atomic mass is 10.0. The highest BCUT2D eigenvalue weighted by atomic mass is 32.2. The van der Waals surface area contributed by atoms with Gasteiger partial charge in [-0.05, 0) is 16.8 Å². The third-order valence-electron chi connectivity index (χ3n) is 4.14. The Kier molecular flexibility index (Phi) is 4.34. The minimum absolute atomic E-state index is 0.0525. The van der Waals surface area contributed by atoms with Crippen molar-refractivity contribution in [1.82, 2.24) is 13.9 Å². The van der Waals surface area contributed by atoms with Crippen LogP contribution < -0.4 is 4.72 Å². The second kappa shape index (κ2) is 6.27. The van der Waals surface area contributed by atoms with Gasteiger partial charge in [0.25, 0.3) is 16.1 Å². The number of piperazine rings is 1. The molecule has 122 valence electrons. The molecular formula is C16H19N3O3S. The van der Waals surface area contributed by atoms with Crippen molar-refractivity contribution >= 4 is 26.9 Å². The van der Waals surface area contributed by atoms with Crippen molar-refractivity contribution < 1.29 is 13.2 Å². The molecule has 7 heteroatoms. The minimum Gasteiger partial charge on any atom is -0.336 e. The molecule has 0 radical (unpaired) electrons. The molecule has 0 spiro atoms. The molecule has 1 aliphatic heterocycles. The number of nitrogens with one attached hydrogen (secondary N) is 1. The molecule has 23 heavy (non-hydrogen) atoms. The second-order valence-electron chi connectivity index (χ2n) is 5.43. The molecule has 0 bridgehead atoms. The van der Waals surface area contributed by atoms with Gasteiger partial charge in [0, 0.05) is 38.8 Å². The Bertz CT molecular complexity index is 822. The SMILES string of the molecule is CNS(=O)(=O)N1CCN(C(=O)c2cccc3ccccc23)CC1. The molecule has 1 saturated heterocycles. The Morgan fingerprint density at radius 3 is 2.35 bits per heavy atom. The molecule has 0 saturated carbocycles. The molecule has 0 unspecified atom stereocenters. The summed E-state index contributed by atoms with van der Waals surface area (Å²) in [5.41, 5.74) is 0.660. The minimum atomic E-state index is -3.42. The number of carbonyl (C=O) groups is 1. The molecular weight excluding hydrogens is 314 g/mol. The Hall–Kier alpha value is -1.96. The lowest BCUT2D eigenvalue weighted by Crippen LogP contribution is -2.52. The van der Waals surface area contributed by atoms with Gasteiger partial charge >= 0.3 is 0 Å². The van der Waals surface area contributed by atoms with Crippen LogP contribution >= 0.6 is 0 Å². The molecule has 1 N–H and O–H groups in total. The smallest absolute Gasteiger partial charge is 0.279 e. The van der Waals surface area contributed by atoms with E-state index in [-0.39, 0.29) is 5.91 Å². The van der Waals surface area contributed by atoms with Crippen molar-refractivity contribution in [1.29, 1.82) is 0 Å². The van der Waals surface area contributed by atoms with Gasteiger partial charge in [0.05, 0.1) is 0 Å². The first kappa shape index (κ1) is 15.9. The summed E-state index contributed by atoms with van der Waals surface area (Å²) in [5, 5.41) is 1.94. The summed E-state index contributed by atoms with van der Waals surface area (Å²) < 4.78 is 27.2. The van der Waals surface area contributed by atoms with Crippen LogP contribution in [0, 0.1) is 0 Å². The summed E-state index contributed by atoms with van der Waals surface area (Å²) >= 11 is 0. The first-order valence-electron chi connectivity index (χ1n) is 7.48. The number of fused-ring (bicyclic) bond motifs is 1. The van der Waals surface area contributed by atoms with E-state index >= 15 is 0 Å². The lowest BCUT2D eigenvalue weighted by Gasteiger charge is -2.33. The molecule has 3 rings (SSSR count). The number of hydrogen-bond acceptors (Lipinski definition) is 3. The number of rotatable bonds is 3. The molecule has 0 aromatic heterocycles. The fraction of sp³-hybridized carbons (Fsp3) is 0.312. The first-order chi connectivity index (χ1) is 11.0. The predicted octanol–water partition coefficient (Wildman–Crippen LogP) is 1.06. The van der Waals surface area contributed by atoms with Crippen molar-refractivity contribution in [2.45, 2.75) is 0 Å². The van der Waals surface area contributed by atoms with Crippen LogP contribution in [0.3, 0.4) is 0 Å². The topological polar surface area (TPSA) is 69.7 Å². The maximum Gasteiger partial charge on any atom is 0.279 e. The second-order valence-corrected chi connectivity index (χ2v) is 7.30. The first-order valence-corrected chi connectivity index (χ1v) is 8.92. The van der Waals surface area contributed by atoms with Gasteiger partial charge in [-0.25, -0.2) is 4.72 Å². The maximum absolute atomic E-state index is 12.8. The Labute approximate surface area is 135 Å². The number of carbonyl (C=O) groups excluding carboxylic acids is 1. The number of amides is 1. The molecule has 1 amide bonds. The molecule has 2 aromatic carbocycles. The van der Waals surface area contributed by atoms with Crippen LogP contribution in [0.25, 0.3) is 10.8 Å². The van der Waals surface area contributed by atoms with Gasteiger partial charge in [-0.2, -0.15) is 12.7 Å². The van der Waals surface area contributed by atoms with E-state index in [1.165, 1.54) is 11.4 Å². The lowest BCUT2D eigenvalue weighted by molar-refractivity contribution is 0.0699. The van der Waals surface area contributed by atoms with Crippen molar-refractivity contribution in [2.75, 3.05) is 33.2 Å². The van der Waals surface area contributed by atoms with E-state index in [0.29, 0.717) is 31.7 Å². The number of benzene rings is 2. The van der Waals surface area contributed by atoms with Gasteiger partial charge in [0.2, 0.25) is 0 Å². The standard InChI is InChI=1S/C16H19N3O3S/c1-17-23(21,22)19-11-9-18(10-12-19)16(20)15-8-4-6-13-5-2-3-7-14(13)15/h2-8,17H,9-12H2,1H3. The van der Waals surface area contributed by atoms with Crippen LogP contribution in [0.4, 0.5) is 0 Å². The third kappa shape index (κ3) is 3.08. The summed E-state index contributed by atoms with van der Waals surface area (Å²) in [4.78, 5) is 14.5. The third-order valence-corrected chi connectivity index (χ3v) is 5.70. The Morgan fingerprint density at radius 2 is 1.65 bits per heavy atom. The van der Waals surface area contributed by atoms with Gasteiger partial charge in [-0.1, -0.05) is 36.4 Å². The van der Waals surface area contributed by atoms with Gasteiger partial charge < -0.3 is 4.90 Å². The number of hydrogen-bond donors (Lipinski definition) is 1. The highest BCUT2D eigenvalue weighted by molar-refractivity contribution is 7.87.